The monoisotopic (exact) mass is 339 g/mol. The van der Waals surface area contributed by atoms with Crippen LogP contribution < -0.4 is 14.8 Å². The third kappa shape index (κ3) is 3.77. The Morgan fingerprint density at radius 3 is 2.91 bits per heavy atom. The number of fused-ring (bicyclic) bond motifs is 1. The lowest BCUT2D eigenvalue weighted by Gasteiger charge is -2.18. The van der Waals surface area contributed by atoms with Crippen LogP contribution in [0.5, 0.6) is 11.5 Å². The maximum atomic E-state index is 11.9. The number of sulfone groups is 1. The molecule has 1 saturated heterocycles. The van der Waals surface area contributed by atoms with Gasteiger partial charge in [-0.05, 0) is 26.3 Å². The van der Waals surface area contributed by atoms with Crippen molar-refractivity contribution in [3.63, 3.8) is 0 Å². The first-order chi connectivity index (χ1) is 10.7. The molecule has 1 unspecified atom stereocenters. The lowest BCUT2D eigenvalue weighted by Crippen LogP contribution is -2.38. The average molecular weight is 339 g/mol. The molecule has 1 aromatic carbocycles. The topological polar surface area (TPSA) is 81.7 Å². The predicted octanol–water partition coefficient (Wildman–Crippen LogP) is 1.08. The van der Waals surface area contributed by atoms with Crippen LogP contribution in [0.3, 0.4) is 0 Å². The van der Waals surface area contributed by atoms with Gasteiger partial charge in [0.25, 0.3) is 5.91 Å². The van der Waals surface area contributed by atoms with E-state index in [9.17, 15) is 13.2 Å². The van der Waals surface area contributed by atoms with Crippen molar-refractivity contribution in [1.82, 2.24) is 5.32 Å². The largest absolute Gasteiger partial charge is 0.483 e. The summed E-state index contributed by atoms with van der Waals surface area (Å²) in [6, 6.07) is 5.32. The Bertz CT molecular complexity index is 726. The Balaban J connectivity index is 1.58. The van der Waals surface area contributed by atoms with Crippen LogP contribution in [0.25, 0.3) is 0 Å². The Morgan fingerprint density at radius 2 is 2.22 bits per heavy atom. The van der Waals surface area contributed by atoms with Gasteiger partial charge in [0.05, 0.1) is 11.5 Å². The summed E-state index contributed by atoms with van der Waals surface area (Å²) in [5.41, 5.74) is 0.789. The minimum atomic E-state index is -3.00. The number of benzene rings is 1. The van der Waals surface area contributed by atoms with Crippen LogP contribution in [0, 0.1) is 0 Å². The van der Waals surface area contributed by atoms with Crippen molar-refractivity contribution in [2.24, 2.45) is 0 Å². The highest BCUT2D eigenvalue weighted by Crippen LogP contribution is 2.41. The quantitative estimate of drug-likeness (QED) is 0.888. The number of ether oxygens (including phenoxy) is 2. The van der Waals surface area contributed by atoms with Crippen LogP contribution in [0.15, 0.2) is 18.2 Å². The SMILES string of the molecule is CC1(C)Cc2cccc(OCC(=O)NC3CCS(=O)(=O)C3)c2O1. The Hall–Kier alpha value is -1.76. The molecule has 0 aliphatic carbocycles. The van der Waals surface area contributed by atoms with Crippen LogP contribution in [0.2, 0.25) is 0 Å². The van der Waals surface area contributed by atoms with E-state index in [1.807, 2.05) is 26.0 Å². The Labute approximate surface area is 136 Å². The summed E-state index contributed by atoms with van der Waals surface area (Å²) in [4.78, 5) is 11.9. The van der Waals surface area contributed by atoms with Gasteiger partial charge in [0.15, 0.2) is 27.9 Å². The van der Waals surface area contributed by atoms with E-state index in [0.717, 1.165) is 12.0 Å². The van der Waals surface area contributed by atoms with Gasteiger partial charge in [0.2, 0.25) is 0 Å². The maximum absolute atomic E-state index is 11.9. The van der Waals surface area contributed by atoms with Gasteiger partial charge in [-0.25, -0.2) is 8.42 Å². The fourth-order valence-electron chi connectivity index (χ4n) is 3.02. The summed E-state index contributed by atoms with van der Waals surface area (Å²) in [6.07, 6.45) is 1.26. The van der Waals surface area contributed by atoms with Crippen LogP contribution in [0.4, 0.5) is 0 Å². The molecule has 0 bridgehead atoms. The molecule has 23 heavy (non-hydrogen) atoms. The van der Waals surface area contributed by atoms with Gasteiger partial charge >= 0.3 is 0 Å². The van der Waals surface area contributed by atoms with E-state index in [1.165, 1.54) is 0 Å². The lowest BCUT2D eigenvalue weighted by molar-refractivity contribution is -0.123. The zero-order chi connectivity index (χ0) is 16.7. The van der Waals surface area contributed by atoms with Crippen molar-refractivity contribution in [3.8, 4) is 11.5 Å². The van der Waals surface area contributed by atoms with E-state index >= 15 is 0 Å². The third-order valence-corrected chi connectivity index (χ3v) is 5.78. The smallest absolute Gasteiger partial charge is 0.258 e. The van der Waals surface area contributed by atoms with Crippen LogP contribution >= 0.6 is 0 Å². The van der Waals surface area contributed by atoms with Gasteiger partial charge in [-0.3, -0.25) is 4.79 Å². The number of amides is 1. The Kier molecular flexibility index (Phi) is 4.00. The molecule has 0 saturated carbocycles. The van der Waals surface area contributed by atoms with E-state index in [2.05, 4.69) is 5.32 Å². The molecule has 2 aliphatic rings. The maximum Gasteiger partial charge on any atom is 0.258 e. The second-order valence-electron chi connectivity index (χ2n) is 6.74. The fraction of sp³-hybridized carbons (Fsp3) is 0.562. The zero-order valence-electron chi connectivity index (χ0n) is 13.3. The molecule has 3 rings (SSSR count). The van der Waals surface area contributed by atoms with Crippen molar-refractivity contribution in [1.29, 1.82) is 0 Å². The molecule has 126 valence electrons. The second kappa shape index (κ2) is 5.70. The molecule has 1 N–H and O–H groups in total. The van der Waals surface area contributed by atoms with Crippen molar-refractivity contribution in [2.45, 2.75) is 38.3 Å². The third-order valence-electron chi connectivity index (χ3n) is 4.01. The minimum Gasteiger partial charge on any atom is -0.483 e. The molecule has 1 atom stereocenters. The van der Waals surface area contributed by atoms with Gasteiger partial charge in [0, 0.05) is 18.0 Å². The first-order valence-electron chi connectivity index (χ1n) is 7.68. The number of para-hydroxylation sites is 1. The molecular weight excluding hydrogens is 318 g/mol. The summed E-state index contributed by atoms with van der Waals surface area (Å²) in [7, 11) is -3.00. The molecule has 6 nitrogen and oxygen atoms in total. The highest BCUT2D eigenvalue weighted by atomic mass is 32.2. The van der Waals surface area contributed by atoms with E-state index in [1.54, 1.807) is 6.07 Å². The molecule has 0 spiro atoms. The normalized spacial score (nSPS) is 23.8. The fourth-order valence-corrected chi connectivity index (χ4v) is 4.70. The molecule has 7 heteroatoms. The molecule has 1 aromatic rings. The van der Waals surface area contributed by atoms with E-state index in [-0.39, 0.29) is 35.7 Å². The van der Waals surface area contributed by atoms with Gasteiger partial charge in [-0.1, -0.05) is 12.1 Å². The highest BCUT2D eigenvalue weighted by Gasteiger charge is 2.32. The van der Waals surface area contributed by atoms with E-state index < -0.39 is 9.84 Å². The van der Waals surface area contributed by atoms with Crippen molar-refractivity contribution in [3.05, 3.63) is 23.8 Å². The summed E-state index contributed by atoms with van der Waals surface area (Å²) in [6.45, 7) is 3.85. The summed E-state index contributed by atoms with van der Waals surface area (Å²) in [5, 5.41) is 2.70. The minimum absolute atomic E-state index is 0.0107. The van der Waals surface area contributed by atoms with Gasteiger partial charge in [-0.2, -0.15) is 0 Å². The van der Waals surface area contributed by atoms with Gasteiger partial charge in [-0.15, -0.1) is 0 Å². The zero-order valence-corrected chi connectivity index (χ0v) is 14.1. The summed E-state index contributed by atoms with van der Waals surface area (Å²) in [5.74, 6) is 1.06. The van der Waals surface area contributed by atoms with E-state index in [4.69, 9.17) is 9.47 Å². The summed E-state index contributed by atoms with van der Waals surface area (Å²) < 4.78 is 34.2. The molecule has 0 radical (unpaired) electrons. The first-order valence-corrected chi connectivity index (χ1v) is 9.50. The lowest BCUT2D eigenvalue weighted by atomic mass is 10.0. The number of rotatable bonds is 4. The number of carbonyl (C=O) groups excluding carboxylic acids is 1. The average Bonchev–Trinajstić information content (AvgIpc) is 2.93. The highest BCUT2D eigenvalue weighted by molar-refractivity contribution is 7.91. The van der Waals surface area contributed by atoms with E-state index in [0.29, 0.717) is 17.9 Å². The first kappa shape index (κ1) is 16.1. The number of hydrogen-bond acceptors (Lipinski definition) is 5. The number of hydrogen-bond donors (Lipinski definition) is 1. The molecule has 0 aromatic heterocycles. The number of carbonyl (C=O) groups is 1. The van der Waals surface area contributed by atoms with Crippen molar-refractivity contribution >= 4 is 15.7 Å². The Morgan fingerprint density at radius 1 is 1.43 bits per heavy atom. The number of nitrogens with one attached hydrogen (secondary N) is 1. The van der Waals surface area contributed by atoms with Crippen LogP contribution in [-0.4, -0.2) is 44.1 Å². The van der Waals surface area contributed by atoms with Crippen LogP contribution in [-0.2, 0) is 21.1 Å². The van der Waals surface area contributed by atoms with Crippen molar-refractivity contribution in [2.75, 3.05) is 18.1 Å². The summed E-state index contributed by atoms with van der Waals surface area (Å²) >= 11 is 0. The van der Waals surface area contributed by atoms with Gasteiger partial charge < -0.3 is 14.8 Å². The molecular formula is C16H21NO5S. The van der Waals surface area contributed by atoms with Crippen molar-refractivity contribution < 1.29 is 22.7 Å². The predicted molar refractivity (Wildman–Crippen MR) is 85.5 cm³/mol. The second-order valence-corrected chi connectivity index (χ2v) is 8.97. The van der Waals surface area contributed by atoms with Crippen LogP contribution in [0.1, 0.15) is 25.8 Å². The standard InChI is InChI=1S/C16H21NO5S/c1-16(2)8-11-4-3-5-13(15(11)22-16)21-9-14(18)17-12-6-7-23(19,20)10-12/h3-5,12H,6-10H2,1-2H3,(H,17,18). The molecule has 2 aliphatic heterocycles. The molecule has 1 amide bonds. The molecule has 1 fully saturated rings. The molecule has 2 heterocycles. The van der Waals surface area contributed by atoms with Gasteiger partial charge in [0.1, 0.15) is 5.60 Å².